The second-order valence-corrected chi connectivity index (χ2v) is 6.35. The van der Waals surface area contributed by atoms with Crippen LogP contribution >= 0.6 is 24.0 Å². The van der Waals surface area contributed by atoms with Crippen LogP contribution < -0.4 is 10.6 Å². The molecule has 3 rings (SSSR count). The summed E-state index contributed by atoms with van der Waals surface area (Å²) in [6, 6.07) is 10.3. The van der Waals surface area contributed by atoms with Crippen molar-refractivity contribution in [1.29, 1.82) is 0 Å². The Morgan fingerprint density at radius 2 is 1.96 bits per heavy atom. The van der Waals surface area contributed by atoms with Crippen molar-refractivity contribution in [1.82, 2.24) is 25.4 Å². The highest BCUT2D eigenvalue weighted by Crippen LogP contribution is 2.14. The van der Waals surface area contributed by atoms with Gasteiger partial charge in [-0.3, -0.25) is 0 Å². The summed E-state index contributed by atoms with van der Waals surface area (Å²) in [7, 11) is 0. The number of aliphatic imine (C=N–C) groups is 1. The summed E-state index contributed by atoms with van der Waals surface area (Å²) in [4.78, 5) is 4.66. The monoisotopic (exact) mass is 468 g/mol. The van der Waals surface area contributed by atoms with Crippen LogP contribution in [0.15, 0.2) is 35.3 Å². The van der Waals surface area contributed by atoms with Crippen LogP contribution in [-0.4, -0.2) is 33.8 Å². The first-order valence-electron chi connectivity index (χ1n) is 9.34. The van der Waals surface area contributed by atoms with Gasteiger partial charge in [-0.2, -0.15) is 0 Å². The van der Waals surface area contributed by atoms with Gasteiger partial charge in [0, 0.05) is 32.5 Å². The first-order chi connectivity index (χ1) is 12.4. The number of nitrogens with one attached hydrogen (secondary N) is 2. The van der Waals surface area contributed by atoms with E-state index in [1.54, 1.807) is 0 Å². The van der Waals surface area contributed by atoms with E-state index >= 15 is 0 Å². The molecule has 2 heterocycles. The molecule has 0 atom stereocenters. The third kappa shape index (κ3) is 5.96. The molecule has 1 aliphatic rings. The molecule has 7 heteroatoms. The lowest BCUT2D eigenvalue weighted by atomic mass is 10.2. The quantitative estimate of drug-likeness (QED) is 0.389. The van der Waals surface area contributed by atoms with Crippen molar-refractivity contribution in [2.45, 2.75) is 52.1 Å². The highest BCUT2D eigenvalue weighted by Gasteiger charge is 2.14. The second kappa shape index (κ2) is 11.2. The molecule has 1 aromatic heterocycles. The maximum Gasteiger partial charge on any atom is 0.191 e. The molecule has 142 valence electrons. The third-order valence-corrected chi connectivity index (χ3v) is 4.43. The zero-order chi connectivity index (χ0) is 17.3. The summed E-state index contributed by atoms with van der Waals surface area (Å²) < 4.78 is 2.31. The van der Waals surface area contributed by atoms with Crippen molar-refractivity contribution in [2.75, 3.05) is 13.1 Å². The molecule has 2 aromatic rings. The van der Waals surface area contributed by atoms with E-state index in [0.717, 1.165) is 50.1 Å². The summed E-state index contributed by atoms with van der Waals surface area (Å²) in [5, 5.41) is 15.5. The number of fused-ring (bicyclic) bond motifs is 1. The highest BCUT2D eigenvalue weighted by atomic mass is 127. The van der Waals surface area contributed by atoms with E-state index in [9.17, 15) is 0 Å². The Hall–Kier alpha value is -1.64. The molecule has 0 bridgehead atoms. The lowest BCUT2D eigenvalue weighted by Crippen LogP contribution is -2.38. The first kappa shape index (κ1) is 20.7. The zero-order valence-corrected chi connectivity index (χ0v) is 17.8. The Morgan fingerprint density at radius 1 is 1.12 bits per heavy atom. The molecule has 1 aliphatic heterocycles. The molecule has 1 aromatic carbocycles. The Bertz CT molecular complexity index is 683. The number of guanidine groups is 1. The van der Waals surface area contributed by atoms with Gasteiger partial charge in [0.25, 0.3) is 0 Å². The molecule has 0 amide bonds. The largest absolute Gasteiger partial charge is 0.357 e. The molecule has 0 unspecified atom stereocenters. The van der Waals surface area contributed by atoms with Crippen molar-refractivity contribution < 1.29 is 0 Å². The van der Waals surface area contributed by atoms with Gasteiger partial charge in [-0.15, -0.1) is 34.2 Å². The van der Waals surface area contributed by atoms with E-state index < -0.39 is 0 Å². The average Bonchev–Trinajstić information content (AvgIpc) is 2.87. The number of rotatable bonds is 6. The minimum absolute atomic E-state index is 0. The predicted octanol–water partition coefficient (Wildman–Crippen LogP) is 2.92. The summed E-state index contributed by atoms with van der Waals surface area (Å²) in [6.45, 7) is 5.47. The topological polar surface area (TPSA) is 67.1 Å². The van der Waals surface area contributed by atoms with Crippen LogP contribution in [0.3, 0.4) is 0 Å². The lowest BCUT2D eigenvalue weighted by molar-refractivity contribution is 0.600. The second-order valence-electron chi connectivity index (χ2n) is 6.35. The van der Waals surface area contributed by atoms with Crippen LogP contribution in [0.4, 0.5) is 0 Å². The van der Waals surface area contributed by atoms with Crippen LogP contribution in [0.2, 0.25) is 0 Å². The summed E-state index contributed by atoms with van der Waals surface area (Å²) in [5.74, 6) is 3.09. The van der Waals surface area contributed by atoms with E-state index in [-0.39, 0.29) is 24.0 Å². The first-order valence-corrected chi connectivity index (χ1v) is 9.34. The van der Waals surface area contributed by atoms with E-state index in [4.69, 9.17) is 0 Å². The van der Waals surface area contributed by atoms with Gasteiger partial charge in [-0.05, 0) is 25.3 Å². The van der Waals surface area contributed by atoms with Crippen molar-refractivity contribution in [3.8, 4) is 0 Å². The predicted molar refractivity (Wildman–Crippen MR) is 116 cm³/mol. The number of hydrogen-bond donors (Lipinski definition) is 2. The molecular formula is C19H29IN6. The van der Waals surface area contributed by atoms with E-state index in [1.165, 1.54) is 24.8 Å². The van der Waals surface area contributed by atoms with E-state index in [2.05, 4.69) is 49.4 Å². The maximum atomic E-state index is 4.66. The summed E-state index contributed by atoms with van der Waals surface area (Å²) in [5.41, 5.74) is 1.21. The van der Waals surface area contributed by atoms with Crippen molar-refractivity contribution >= 4 is 29.9 Å². The van der Waals surface area contributed by atoms with Crippen LogP contribution in [0.5, 0.6) is 0 Å². The van der Waals surface area contributed by atoms with Crippen molar-refractivity contribution in [3.63, 3.8) is 0 Å². The van der Waals surface area contributed by atoms with Crippen LogP contribution in [0.25, 0.3) is 0 Å². The molecule has 0 spiro atoms. The van der Waals surface area contributed by atoms with Gasteiger partial charge in [0.1, 0.15) is 11.6 Å². The van der Waals surface area contributed by atoms with Gasteiger partial charge in [0.15, 0.2) is 5.96 Å². The Kier molecular flexibility index (Phi) is 8.87. The standard InChI is InChI=1S/C19H28N6.HI/c1-2-20-19(22-15-16-9-5-3-6-10-16)21-13-12-18-24-23-17-11-7-4-8-14-25(17)18;/h3,5-6,9-10H,2,4,7-8,11-15H2,1H3,(H2,20,21,22);1H. The van der Waals surface area contributed by atoms with Gasteiger partial charge >= 0.3 is 0 Å². The van der Waals surface area contributed by atoms with Gasteiger partial charge in [-0.1, -0.05) is 36.8 Å². The average molecular weight is 468 g/mol. The van der Waals surface area contributed by atoms with E-state index in [1.807, 2.05) is 18.2 Å². The van der Waals surface area contributed by atoms with Crippen LogP contribution in [0.1, 0.15) is 43.4 Å². The molecule has 0 saturated heterocycles. The number of benzene rings is 1. The Balaban J connectivity index is 0.00000243. The van der Waals surface area contributed by atoms with Crippen LogP contribution in [-0.2, 0) is 25.9 Å². The number of hydrogen-bond acceptors (Lipinski definition) is 3. The fraction of sp³-hybridized carbons (Fsp3) is 0.526. The molecular weight excluding hydrogens is 439 g/mol. The Labute approximate surface area is 172 Å². The van der Waals surface area contributed by atoms with Gasteiger partial charge < -0.3 is 15.2 Å². The normalized spacial score (nSPS) is 14.1. The number of nitrogens with zero attached hydrogens (tertiary/aromatic N) is 4. The molecule has 0 aliphatic carbocycles. The van der Waals surface area contributed by atoms with Crippen LogP contribution in [0, 0.1) is 0 Å². The molecule has 0 fully saturated rings. The minimum atomic E-state index is 0. The number of halogens is 1. The SMILES string of the molecule is CCNC(=NCc1ccccc1)NCCc1nnc2n1CCCCC2.I. The summed E-state index contributed by atoms with van der Waals surface area (Å²) >= 11 is 0. The highest BCUT2D eigenvalue weighted by molar-refractivity contribution is 14.0. The summed E-state index contributed by atoms with van der Waals surface area (Å²) in [6.07, 6.45) is 5.67. The Morgan fingerprint density at radius 3 is 2.77 bits per heavy atom. The third-order valence-electron chi connectivity index (χ3n) is 4.43. The fourth-order valence-electron chi connectivity index (χ4n) is 3.12. The molecule has 6 nitrogen and oxygen atoms in total. The van der Waals surface area contributed by atoms with Gasteiger partial charge in [0.05, 0.1) is 6.54 Å². The molecule has 0 radical (unpaired) electrons. The molecule has 0 saturated carbocycles. The number of aromatic nitrogens is 3. The lowest BCUT2D eigenvalue weighted by Gasteiger charge is -2.12. The minimum Gasteiger partial charge on any atom is -0.357 e. The van der Waals surface area contributed by atoms with E-state index in [0.29, 0.717) is 6.54 Å². The number of aryl methyl sites for hydroxylation is 1. The van der Waals surface area contributed by atoms with Gasteiger partial charge in [0.2, 0.25) is 0 Å². The van der Waals surface area contributed by atoms with Crippen molar-refractivity contribution in [3.05, 3.63) is 47.5 Å². The van der Waals surface area contributed by atoms with Gasteiger partial charge in [-0.25, -0.2) is 4.99 Å². The fourth-order valence-corrected chi connectivity index (χ4v) is 3.12. The molecule has 2 N–H and O–H groups in total. The molecule has 26 heavy (non-hydrogen) atoms. The maximum absolute atomic E-state index is 4.66. The van der Waals surface area contributed by atoms with Crippen molar-refractivity contribution in [2.24, 2.45) is 4.99 Å². The zero-order valence-electron chi connectivity index (χ0n) is 15.4. The smallest absolute Gasteiger partial charge is 0.191 e.